The Labute approximate surface area is 277 Å². The van der Waals surface area contributed by atoms with Crippen LogP contribution < -0.4 is 15.1 Å². The van der Waals surface area contributed by atoms with Crippen molar-refractivity contribution in [3.8, 4) is 0 Å². The highest BCUT2D eigenvalue weighted by Gasteiger charge is 2.64. The molecule has 3 aromatic rings. The van der Waals surface area contributed by atoms with Crippen LogP contribution in [0.2, 0.25) is 0 Å². The second-order valence-electron chi connectivity index (χ2n) is 12.4. The van der Waals surface area contributed by atoms with Gasteiger partial charge in [-0.25, -0.2) is 18.1 Å². The molecule has 48 heavy (non-hydrogen) atoms. The number of rotatable bonds is 13. The summed E-state index contributed by atoms with van der Waals surface area (Å²) in [6.45, 7) is 1.70. The Balaban J connectivity index is 1.15. The molecule has 0 unspecified atom stereocenters. The van der Waals surface area contributed by atoms with Crippen molar-refractivity contribution in [3.05, 3.63) is 95.6 Å². The number of hydrogen-bond acceptors (Lipinski definition) is 9. The van der Waals surface area contributed by atoms with E-state index in [4.69, 9.17) is 23.0 Å². The van der Waals surface area contributed by atoms with Crippen molar-refractivity contribution in [1.29, 1.82) is 0 Å². The fourth-order valence-electron chi connectivity index (χ4n) is 6.25. The monoisotopic (exact) mass is 685 g/mol. The molecular formula is C34H38F2N3O8P. The molecular weight excluding hydrogens is 647 g/mol. The Kier molecular flexibility index (Phi) is 9.87. The van der Waals surface area contributed by atoms with Crippen LogP contribution in [0, 0.1) is 11.6 Å². The van der Waals surface area contributed by atoms with Gasteiger partial charge in [-0.1, -0.05) is 60.7 Å². The molecule has 0 radical (unpaired) electrons. The number of amides is 2. The zero-order chi connectivity index (χ0) is 33.9. The first kappa shape index (κ1) is 34.0. The second kappa shape index (κ2) is 13.9. The van der Waals surface area contributed by atoms with Gasteiger partial charge in [0.25, 0.3) is 0 Å². The fraction of sp³-hybridized carbons (Fsp3) is 0.412. The molecule has 2 amide bonds. The van der Waals surface area contributed by atoms with Crippen LogP contribution >= 0.6 is 7.82 Å². The number of carbonyl (C=O) groups is 2. The molecule has 1 aliphatic carbocycles. The number of phosphoric acid groups is 1. The SMILES string of the molecule is COCC1(OP(=O)(OCc2ccccc2)OCc2ccccc2)CCN(c2c(F)cc(N3C[C@]4(C[C@@H]4NC(C)=O)OC3=O)cc2F)CC1. The smallest absolute Gasteiger partial charge is 0.438 e. The Morgan fingerprint density at radius 3 is 2.06 bits per heavy atom. The van der Waals surface area contributed by atoms with Gasteiger partial charge in [0.15, 0.2) is 17.2 Å². The fourth-order valence-corrected chi connectivity index (χ4v) is 7.75. The Morgan fingerprint density at radius 2 is 1.54 bits per heavy atom. The van der Waals surface area contributed by atoms with E-state index < -0.39 is 36.8 Å². The molecule has 1 saturated carbocycles. The number of nitrogens with zero attached hydrogens (tertiary/aromatic N) is 2. The van der Waals surface area contributed by atoms with Crippen molar-refractivity contribution in [2.24, 2.45) is 0 Å². The van der Waals surface area contributed by atoms with E-state index in [-0.39, 0.29) is 75.6 Å². The molecule has 2 heterocycles. The predicted octanol–water partition coefficient (Wildman–Crippen LogP) is 6.11. The quantitative estimate of drug-likeness (QED) is 0.213. The van der Waals surface area contributed by atoms with Crippen LogP contribution in [0.15, 0.2) is 72.8 Å². The molecule has 256 valence electrons. The van der Waals surface area contributed by atoms with Crippen molar-refractivity contribution >= 4 is 31.2 Å². The molecule has 1 N–H and O–H groups in total. The van der Waals surface area contributed by atoms with Crippen molar-refractivity contribution in [1.82, 2.24) is 5.32 Å². The van der Waals surface area contributed by atoms with Crippen molar-refractivity contribution in [3.63, 3.8) is 0 Å². The van der Waals surface area contributed by atoms with Gasteiger partial charge in [-0.2, -0.15) is 0 Å². The summed E-state index contributed by atoms with van der Waals surface area (Å²) in [5, 5.41) is 2.73. The summed E-state index contributed by atoms with van der Waals surface area (Å²) >= 11 is 0. The molecule has 2 aliphatic heterocycles. The van der Waals surface area contributed by atoms with Crippen molar-refractivity contribution in [2.45, 2.75) is 56.6 Å². The summed E-state index contributed by atoms with van der Waals surface area (Å²) < 4.78 is 74.3. The number of ether oxygens (including phenoxy) is 2. The molecule has 11 nitrogen and oxygen atoms in total. The molecule has 0 bridgehead atoms. The standard InChI is InChI=1S/C34H38F2N3O8P/c1-24(40)37-30-19-34(30)22-39(32(41)46-34)27-17-28(35)31(29(36)18-27)38-15-13-33(14-16-38,23-43-2)47-48(42,44-20-25-9-5-3-6-10-25)45-21-26-11-7-4-8-12-26/h3-12,17-18,30H,13-16,19-23H2,1-2H3,(H,37,40)/t30-,34-/m0/s1. The first-order chi connectivity index (χ1) is 23.0. The molecule has 2 atom stereocenters. The third-order valence-corrected chi connectivity index (χ3v) is 10.3. The highest BCUT2D eigenvalue weighted by atomic mass is 31.2. The zero-order valence-electron chi connectivity index (χ0n) is 26.7. The van der Waals surface area contributed by atoms with Crippen LogP contribution in [0.3, 0.4) is 0 Å². The number of methoxy groups -OCH3 is 1. The summed E-state index contributed by atoms with van der Waals surface area (Å²) in [7, 11) is -2.70. The van der Waals surface area contributed by atoms with E-state index in [1.807, 2.05) is 60.7 Å². The van der Waals surface area contributed by atoms with E-state index in [1.165, 1.54) is 18.9 Å². The van der Waals surface area contributed by atoms with Crippen LogP contribution in [-0.2, 0) is 45.6 Å². The van der Waals surface area contributed by atoms with Crippen LogP contribution in [-0.4, -0.2) is 62.6 Å². The summed E-state index contributed by atoms with van der Waals surface area (Å²) in [6.07, 6.45) is 0.0846. The lowest BCUT2D eigenvalue weighted by Gasteiger charge is -2.42. The van der Waals surface area contributed by atoms with Gasteiger partial charge in [0.2, 0.25) is 5.91 Å². The number of benzene rings is 3. The third-order valence-electron chi connectivity index (χ3n) is 8.82. The van der Waals surface area contributed by atoms with Crippen molar-refractivity contribution < 1.29 is 46.0 Å². The molecule has 1 spiro atoms. The van der Waals surface area contributed by atoms with Crippen molar-refractivity contribution in [2.75, 3.05) is 43.2 Å². The van der Waals surface area contributed by atoms with Gasteiger partial charge in [-0.15, -0.1) is 0 Å². The van der Waals surface area contributed by atoms with Crippen LogP contribution in [0.25, 0.3) is 0 Å². The number of halogens is 2. The van der Waals surface area contributed by atoms with Gasteiger partial charge in [0.05, 0.1) is 38.1 Å². The number of carbonyl (C=O) groups excluding carboxylic acids is 2. The average molecular weight is 686 g/mol. The summed E-state index contributed by atoms with van der Waals surface area (Å²) in [5.74, 6) is -1.95. The van der Waals surface area contributed by atoms with E-state index >= 15 is 8.78 Å². The van der Waals surface area contributed by atoms with Gasteiger partial charge in [0, 0.05) is 45.7 Å². The van der Waals surface area contributed by atoms with Gasteiger partial charge < -0.3 is 19.7 Å². The number of anilines is 2. The molecule has 0 aromatic heterocycles. The topological polar surface area (TPSA) is 116 Å². The highest BCUT2D eigenvalue weighted by Crippen LogP contribution is 2.56. The minimum absolute atomic E-state index is 0.0187. The van der Waals surface area contributed by atoms with Gasteiger partial charge in [0.1, 0.15) is 11.3 Å². The van der Waals surface area contributed by atoms with E-state index in [0.717, 1.165) is 23.3 Å². The van der Waals surface area contributed by atoms with Crippen LogP contribution in [0.5, 0.6) is 0 Å². The number of phosphoric ester groups is 1. The molecule has 6 rings (SSSR count). The summed E-state index contributed by atoms with van der Waals surface area (Å²) in [4.78, 5) is 26.8. The molecule has 3 fully saturated rings. The van der Waals surface area contributed by atoms with Gasteiger partial charge >= 0.3 is 13.9 Å². The third kappa shape index (κ3) is 7.55. The number of nitrogens with one attached hydrogen (secondary N) is 1. The molecule has 14 heteroatoms. The Hall–Kier alpha value is -3.87. The van der Waals surface area contributed by atoms with Crippen LogP contribution in [0.4, 0.5) is 25.0 Å². The zero-order valence-corrected chi connectivity index (χ0v) is 27.6. The largest absolute Gasteiger partial charge is 0.476 e. The second-order valence-corrected chi connectivity index (χ2v) is 14.0. The van der Waals surface area contributed by atoms with E-state index in [9.17, 15) is 14.2 Å². The normalized spacial score (nSPS) is 21.8. The summed E-state index contributed by atoms with van der Waals surface area (Å²) in [5.41, 5.74) is -0.721. The minimum atomic E-state index is -4.19. The molecule has 2 saturated heterocycles. The van der Waals surface area contributed by atoms with Gasteiger partial charge in [-0.05, 0) is 24.0 Å². The molecule has 3 aromatic carbocycles. The Morgan fingerprint density at radius 1 is 0.979 bits per heavy atom. The first-order valence-electron chi connectivity index (χ1n) is 15.7. The maximum absolute atomic E-state index is 15.6. The Bertz CT molecular complexity index is 1600. The lowest BCUT2D eigenvalue weighted by atomic mass is 9.92. The predicted molar refractivity (Wildman–Crippen MR) is 172 cm³/mol. The van der Waals surface area contributed by atoms with Gasteiger partial charge in [-0.3, -0.25) is 23.3 Å². The van der Waals surface area contributed by atoms with E-state index in [2.05, 4.69) is 5.32 Å². The lowest BCUT2D eigenvalue weighted by Crippen LogP contribution is -2.49. The van der Waals surface area contributed by atoms with E-state index in [0.29, 0.717) is 6.42 Å². The highest BCUT2D eigenvalue weighted by molar-refractivity contribution is 7.48. The number of piperidine rings is 1. The average Bonchev–Trinajstić information content (AvgIpc) is 3.59. The molecule has 3 aliphatic rings. The maximum atomic E-state index is 15.6. The number of hydrogen-bond donors (Lipinski definition) is 1. The van der Waals surface area contributed by atoms with Crippen LogP contribution in [0.1, 0.15) is 37.3 Å². The summed E-state index contributed by atoms with van der Waals surface area (Å²) in [6, 6.07) is 20.3. The van der Waals surface area contributed by atoms with E-state index in [1.54, 1.807) is 4.90 Å². The maximum Gasteiger partial charge on any atom is 0.476 e. The minimum Gasteiger partial charge on any atom is -0.438 e. The first-order valence-corrected chi connectivity index (χ1v) is 17.2. The lowest BCUT2D eigenvalue weighted by molar-refractivity contribution is -0.119.